The summed E-state index contributed by atoms with van der Waals surface area (Å²) >= 11 is 0. The van der Waals surface area contributed by atoms with E-state index in [0.717, 1.165) is 0 Å². The average Bonchev–Trinajstić information content (AvgIpc) is 3.71. The summed E-state index contributed by atoms with van der Waals surface area (Å²) in [5.41, 5.74) is 2.16. The predicted octanol–water partition coefficient (Wildman–Crippen LogP) is 8.71. The van der Waals surface area contributed by atoms with E-state index in [4.69, 9.17) is 0 Å². The van der Waals surface area contributed by atoms with Crippen LogP contribution in [0.3, 0.4) is 0 Å². The molecule has 6 aromatic rings. The Hall–Kier alpha value is -4.96. The number of rotatable bonds is 9. The van der Waals surface area contributed by atoms with Crippen molar-refractivity contribution in [2.45, 2.75) is 19.6 Å². The number of H-pyrrole nitrogens is 3. The number of aromatic amines is 3. The highest BCUT2D eigenvalue weighted by atomic mass is 19.2. The molecule has 3 aromatic heterocycles. The van der Waals surface area contributed by atoms with Gasteiger partial charge in [0.1, 0.15) is 34.9 Å². The van der Waals surface area contributed by atoms with E-state index in [2.05, 4.69) is 15.0 Å². The van der Waals surface area contributed by atoms with Crippen LogP contribution in [0.25, 0.3) is 33.8 Å². The van der Waals surface area contributed by atoms with E-state index in [1.165, 1.54) is 54.6 Å². The second kappa shape index (κ2) is 11.7. The van der Waals surface area contributed by atoms with Gasteiger partial charge in [0.25, 0.3) is 0 Å². The van der Waals surface area contributed by atoms with Crippen molar-refractivity contribution in [3.63, 3.8) is 0 Å². The van der Waals surface area contributed by atoms with Gasteiger partial charge in [-0.15, -0.1) is 0 Å². The zero-order valence-electron chi connectivity index (χ0n) is 22.5. The van der Waals surface area contributed by atoms with Crippen molar-refractivity contribution >= 4 is 0 Å². The van der Waals surface area contributed by atoms with Gasteiger partial charge in [-0.1, -0.05) is 18.2 Å². The van der Waals surface area contributed by atoms with Crippen molar-refractivity contribution in [2.75, 3.05) is 0 Å². The third-order valence-corrected chi connectivity index (χ3v) is 7.12. The molecule has 3 heterocycles. The molecule has 0 atom stereocenters. The van der Waals surface area contributed by atoms with E-state index < -0.39 is 34.9 Å². The summed E-state index contributed by atoms with van der Waals surface area (Å²) in [6, 6.07) is 20.8. The minimum Gasteiger partial charge on any atom is -0.357 e. The van der Waals surface area contributed by atoms with Crippen LogP contribution in [0.2, 0.25) is 0 Å². The Morgan fingerprint density at radius 2 is 0.628 bits per heavy atom. The Morgan fingerprint density at radius 1 is 0.372 bits per heavy atom. The first-order valence-electron chi connectivity index (χ1n) is 13.4. The standard InChI is InChI=1S/C33H24F6N4/c34-22-4-1-5-23(35)31(22)28-13-10-19(40-28)16-43(17-20-11-14-29(41-20)32-24(36)6-2-7-25(32)37)18-21-12-15-30(42-21)33-26(38)8-3-9-27(33)39/h1-15,40-42H,16-18H2. The van der Waals surface area contributed by atoms with E-state index in [1.54, 1.807) is 36.4 Å². The van der Waals surface area contributed by atoms with Gasteiger partial charge in [0.2, 0.25) is 0 Å². The molecule has 10 heteroatoms. The lowest BCUT2D eigenvalue weighted by Crippen LogP contribution is -2.23. The van der Waals surface area contributed by atoms with E-state index in [1.807, 2.05) is 4.90 Å². The topological polar surface area (TPSA) is 50.6 Å². The molecule has 4 nitrogen and oxygen atoms in total. The van der Waals surface area contributed by atoms with Crippen LogP contribution in [0, 0.1) is 34.9 Å². The predicted molar refractivity (Wildman–Crippen MR) is 151 cm³/mol. The minimum absolute atomic E-state index is 0.179. The van der Waals surface area contributed by atoms with Gasteiger partial charge in [-0.3, -0.25) is 4.90 Å². The van der Waals surface area contributed by atoms with Crippen molar-refractivity contribution in [1.29, 1.82) is 0 Å². The fourth-order valence-electron chi connectivity index (χ4n) is 5.19. The zero-order valence-corrected chi connectivity index (χ0v) is 22.5. The fourth-order valence-corrected chi connectivity index (χ4v) is 5.19. The molecule has 218 valence electrons. The van der Waals surface area contributed by atoms with Crippen LogP contribution < -0.4 is 0 Å². The van der Waals surface area contributed by atoms with Crippen LogP contribution in [0.4, 0.5) is 26.3 Å². The van der Waals surface area contributed by atoms with Gasteiger partial charge >= 0.3 is 0 Å². The first-order chi connectivity index (χ1) is 20.8. The van der Waals surface area contributed by atoms with Gasteiger partial charge in [0, 0.05) is 36.7 Å². The van der Waals surface area contributed by atoms with Crippen molar-refractivity contribution in [3.05, 3.63) is 143 Å². The summed E-state index contributed by atoms with van der Waals surface area (Å²) in [6.45, 7) is 0.794. The van der Waals surface area contributed by atoms with E-state index in [-0.39, 0.29) is 53.4 Å². The number of nitrogens with one attached hydrogen (secondary N) is 3. The molecule has 3 aromatic carbocycles. The van der Waals surface area contributed by atoms with Gasteiger partial charge in [-0.05, 0) is 72.8 Å². The molecule has 0 fully saturated rings. The molecule has 0 aliphatic heterocycles. The molecule has 3 N–H and O–H groups in total. The zero-order chi connectivity index (χ0) is 30.1. The molecule has 0 amide bonds. The van der Waals surface area contributed by atoms with Crippen LogP contribution in [-0.4, -0.2) is 19.9 Å². The summed E-state index contributed by atoms with van der Waals surface area (Å²) in [6.07, 6.45) is 0. The number of halogens is 6. The number of aromatic nitrogens is 3. The molecule has 0 aliphatic rings. The fraction of sp³-hybridized carbons (Fsp3) is 0.0909. The van der Waals surface area contributed by atoms with Gasteiger partial charge in [0.05, 0.1) is 33.8 Å². The first-order valence-corrected chi connectivity index (χ1v) is 13.4. The molecule has 43 heavy (non-hydrogen) atoms. The first kappa shape index (κ1) is 28.2. The Balaban J connectivity index is 1.29. The second-order valence-electron chi connectivity index (χ2n) is 10.1. The lowest BCUT2D eigenvalue weighted by molar-refractivity contribution is 0.240. The van der Waals surface area contributed by atoms with Crippen LogP contribution in [-0.2, 0) is 19.6 Å². The van der Waals surface area contributed by atoms with Crippen LogP contribution >= 0.6 is 0 Å². The average molecular weight is 591 g/mol. The normalized spacial score (nSPS) is 11.5. The maximum Gasteiger partial charge on any atom is 0.135 e. The molecule has 0 spiro atoms. The highest BCUT2D eigenvalue weighted by Gasteiger charge is 2.19. The largest absolute Gasteiger partial charge is 0.357 e. The number of nitrogens with zero attached hydrogens (tertiary/aromatic N) is 1. The highest BCUT2D eigenvalue weighted by Crippen LogP contribution is 2.29. The molecule has 0 radical (unpaired) electrons. The van der Waals surface area contributed by atoms with Gasteiger partial charge in [0.15, 0.2) is 0 Å². The summed E-state index contributed by atoms with van der Waals surface area (Å²) in [4.78, 5) is 11.1. The quantitative estimate of drug-likeness (QED) is 0.145. The Bertz CT molecular complexity index is 1620. The second-order valence-corrected chi connectivity index (χ2v) is 10.1. The highest BCUT2D eigenvalue weighted by molar-refractivity contribution is 5.63. The Morgan fingerprint density at radius 3 is 0.884 bits per heavy atom. The van der Waals surface area contributed by atoms with Gasteiger partial charge in [-0.25, -0.2) is 26.3 Å². The molecule has 0 aliphatic carbocycles. The van der Waals surface area contributed by atoms with Crippen molar-refractivity contribution in [3.8, 4) is 33.8 Å². The Kier molecular flexibility index (Phi) is 7.69. The van der Waals surface area contributed by atoms with Crippen molar-refractivity contribution in [1.82, 2.24) is 19.9 Å². The molecule has 0 bridgehead atoms. The van der Waals surface area contributed by atoms with Crippen LogP contribution in [0.15, 0.2) is 91.0 Å². The molecule has 0 saturated heterocycles. The van der Waals surface area contributed by atoms with E-state index in [0.29, 0.717) is 17.1 Å². The summed E-state index contributed by atoms with van der Waals surface area (Å²) < 4.78 is 86.4. The monoisotopic (exact) mass is 590 g/mol. The van der Waals surface area contributed by atoms with Gasteiger partial charge in [-0.2, -0.15) is 0 Å². The summed E-state index contributed by atoms with van der Waals surface area (Å²) in [5.74, 6) is -4.23. The van der Waals surface area contributed by atoms with Crippen LogP contribution in [0.1, 0.15) is 17.1 Å². The maximum atomic E-state index is 14.4. The molecule has 0 saturated carbocycles. The molecule has 0 unspecified atom stereocenters. The van der Waals surface area contributed by atoms with E-state index in [9.17, 15) is 26.3 Å². The molecular weight excluding hydrogens is 566 g/mol. The number of hydrogen-bond acceptors (Lipinski definition) is 1. The smallest absolute Gasteiger partial charge is 0.135 e. The van der Waals surface area contributed by atoms with Crippen molar-refractivity contribution in [2.24, 2.45) is 0 Å². The molecular formula is C33H24F6N4. The maximum absolute atomic E-state index is 14.4. The van der Waals surface area contributed by atoms with E-state index >= 15 is 0 Å². The Labute approximate surface area is 242 Å². The van der Waals surface area contributed by atoms with Crippen LogP contribution in [0.5, 0.6) is 0 Å². The summed E-state index contributed by atoms with van der Waals surface area (Å²) in [5, 5.41) is 0. The third kappa shape index (κ3) is 5.87. The lowest BCUT2D eigenvalue weighted by Gasteiger charge is -2.21. The lowest BCUT2D eigenvalue weighted by atomic mass is 10.1. The number of hydrogen-bond donors (Lipinski definition) is 3. The minimum atomic E-state index is -0.705. The SMILES string of the molecule is Fc1cccc(F)c1-c1ccc(CN(Cc2ccc(-c3c(F)cccc3F)[nH]2)Cc2ccc(-c3c(F)cccc3F)[nH]2)[nH]1. The van der Waals surface area contributed by atoms with Crippen molar-refractivity contribution < 1.29 is 26.3 Å². The number of benzene rings is 3. The third-order valence-electron chi connectivity index (χ3n) is 7.12. The molecule has 6 rings (SSSR count). The summed E-state index contributed by atoms with van der Waals surface area (Å²) in [7, 11) is 0. The van der Waals surface area contributed by atoms with Gasteiger partial charge < -0.3 is 15.0 Å².